The number of rotatable bonds is 13. The number of ether oxygens (including phenoxy) is 3. The SMILES string of the molecule is CCOC(=O)C(COC(=O)Cc1ccc(NC(=O)c2ccccc2-c2ccc(C(F)(F)F)c(Cl)c2)c(C(=O)N(C)C)c1)(C(=O)OCC)c1ccccc1. The molecule has 0 aromatic heterocycles. The van der Waals surface area contributed by atoms with Crippen molar-refractivity contribution in [3.63, 3.8) is 0 Å². The Morgan fingerprint density at radius 3 is 1.96 bits per heavy atom. The number of alkyl halides is 3. The Balaban J connectivity index is 1.61. The van der Waals surface area contributed by atoms with Crippen molar-refractivity contribution in [2.75, 3.05) is 39.2 Å². The summed E-state index contributed by atoms with van der Waals surface area (Å²) in [4.78, 5) is 68.0. The van der Waals surface area contributed by atoms with Crippen molar-refractivity contribution < 1.29 is 51.4 Å². The Bertz CT molecular complexity index is 1980. The van der Waals surface area contributed by atoms with Gasteiger partial charge in [-0.05, 0) is 66.4 Å². The zero-order chi connectivity index (χ0) is 38.9. The topological polar surface area (TPSA) is 128 Å². The summed E-state index contributed by atoms with van der Waals surface area (Å²) < 4.78 is 55.9. The fourth-order valence-corrected chi connectivity index (χ4v) is 5.71. The number of carbonyl (C=O) groups is 5. The third-order valence-corrected chi connectivity index (χ3v) is 8.35. The number of nitrogens with one attached hydrogen (secondary N) is 1. The number of benzene rings is 4. The van der Waals surface area contributed by atoms with E-state index in [2.05, 4.69) is 5.32 Å². The summed E-state index contributed by atoms with van der Waals surface area (Å²) in [6.45, 7) is 2.30. The van der Waals surface area contributed by atoms with Crippen LogP contribution in [0.2, 0.25) is 5.02 Å². The first-order chi connectivity index (χ1) is 25.1. The minimum atomic E-state index is -4.66. The Hall–Kier alpha value is -5.69. The van der Waals surface area contributed by atoms with Crippen LogP contribution in [-0.4, -0.2) is 68.5 Å². The molecule has 0 spiro atoms. The number of nitrogens with zero attached hydrogens (tertiary/aromatic N) is 1. The number of anilines is 1. The van der Waals surface area contributed by atoms with Gasteiger partial charge in [-0.3, -0.25) is 24.0 Å². The second-order valence-corrected chi connectivity index (χ2v) is 12.2. The molecule has 0 saturated carbocycles. The standard InChI is InChI=1S/C39H36ClF3N2O8/c1-5-51-36(49)38(37(50)52-6-2,26-12-8-7-9-13-26)23-53-33(46)21-24-16-19-32(29(20-24)35(48)45(3)4)44-34(47)28-15-11-10-14-27(28)25-17-18-30(31(40)22-25)39(41,42)43/h7-20,22H,5-6,21,23H2,1-4H3,(H,44,47). The van der Waals surface area contributed by atoms with Crippen molar-refractivity contribution in [2.45, 2.75) is 31.9 Å². The number of hydrogen-bond donors (Lipinski definition) is 1. The number of esters is 3. The van der Waals surface area contributed by atoms with Crippen molar-refractivity contribution in [1.82, 2.24) is 4.90 Å². The van der Waals surface area contributed by atoms with Crippen molar-refractivity contribution in [2.24, 2.45) is 0 Å². The second kappa shape index (κ2) is 17.2. The van der Waals surface area contributed by atoms with Crippen molar-refractivity contribution in [3.8, 4) is 11.1 Å². The molecule has 4 aromatic rings. The summed E-state index contributed by atoms with van der Waals surface area (Å²) in [6.07, 6.45) is -5.06. The molecule has 4 aromatic carbocycles. The fourth-order valence-electron chi connectivity index (χ4n) is 5.42. The minimum absolute atomic E-state index is 0.0142. The highest BCUT2D eigenvalue weighted by molar-refractivity contribution is 6.31. The lowest BCUT2D eigenvalue weighted by atomic mass is 9.81. The van der Waals surface area contributed by atoms with Gasteiger partial charge in [-0.15, -0.1) is 0 Å². The lowest BCUT2D eigenvalue weighted by Gasteiger charge is -2.29. The summed E-state index contributed by atoms with van der Waals surface area (Å²) in [7, 11) is 2.99. The van der Waals surface area contributed by atoms with Crippen LogP contribution < -0.4 is 5.32 Å². The monoisotopic (exact) mass is 752 g/mol. The molecule has 0 heterocycles. The van der Waals surface area contributed by atoms with Gasteiger partial charge in [0.25, 0.3) is 11.8 Å². The molecule has 0 atom stereocenters. The van der Waals surface area contributed by atoms with E-state index >= 15 is 0 Å². The van der Waals surface area contributed by atoms with E-state index in [1.165, 1.54) is 61.5 Å². The number of hydrogen-bond acceptors (Lipinski definition) is 8. The Morgan fingerprint density at radius 2 is 1.38 bits per heavy atom. The van der Waals surface area contributed by atoms with Crippen LogP contribution in [0.4, 0.5) is 18.9 Å². The predicted octanol–water partition coefficient (Wildman–Crippen LogP) is 7.13. The molecular weight excluding hydrogens is 717 g/mol. The van der Waals surface area contributed by atoms with E-state index in [0.717, 1.165) is 12.1 Å². The van der Waals surface area contributed by atoms with Gasteiger partial charge in [-0.1, -0.05) is 72.3 Å². The van der Waals surface area contributed by atoms with Crippen molar-refractivity contribution in [3.05, 3.63) is 124 Å². The third-order valence-electron chi connectivity index (χ3n) is 8.04. The maximum atomic E-state index is 13.6. The molecule has 0 aliphatic carbocycles. The van der Waals surface area contributed by atoms with Gasteiger partial charge in [0.05, 0.1) is 41.5 Å². The smallest absolute Gasteiger partial charge is 0.417 e. The molecule has 2 amide bonds. The summed E-state index contributed by atoms with van der Waals surface area (Å²) in [6, 6.07) is 21.6. The van der Waals surface area contributed by atoms with E-state index in [4.69, 9.17) is 25.8 Å². The van der Waals surface area contributed by atoms with E-state index in [9.17, 15) is 37.1 Å². The fraction of sp³-hybridized carbons (Fsp3) is 0.256. The average molecular weight is 753 g/mol. The molecule has 0 saturated heterocycles. The predicted molar refractivity (Wildman–Crippen MR) is 190 cm³/mol. The minimum Gasteiger partial charge on any atom is -0.465 e. The van der Waals surface area contributed by atoms with Gasteiger partial charge in [-0.25, -0.2) is 0 Å². The van der Waals surface area contributed by atoms with Crippen LogP contribution in [0.3, 0.4) is 0 Å². The van der Waals surface area contributed by atoms with Crippen LogP contribution in [0.1, 0.15) is 51.3 Å². The van der Waals surface area contributed by atoms with Gasteiger partial charge in [0.15, 0.2) is 0 Å². The normalized spacial score (nSPS) is 11.3. The molecule has 4 rings (SSSR count). The molecule has 0 aliphatic rings. The third kappa shape index (κ3) is 9.22. The van der Waals surface area contributed by atoms with Crippen LogP contribution in [0.15, 0.2) is 91.0 Å². The summed E-state index contributed by atoms with van der Waals surface area (Å²) in [5.41, 5.74) is -1.89. The van der Waals surface area contributed by atoms with E-state index in [1.54, 1.807) is 50.2 Å². The Labute approximate surface area is 308 Å². The molecule has 10 nitrogen and oxygen atoms in total. The first-order valence-electron chi connectivity index (χ1n) is 16.3. The lowest BCUT2D eigenvalue weighted by molar-refractivity contribution is -0.170. The largest absolute Gasteiger partial charge is 0.465 e. The molecule has 278 valence electrons. The average Bonchev–Trinajstić information content (AvgIpc) is 3.12. The maximum Gasteiger partial charge on any atom is 0.417 e. The zero-order valence-corrected chi connectivity index (χ0v) is 30.0. The molecule has 0 unspecified atom stereocenters. The van der Waals surface area contributed by atoms with Crippen LogP contribution in [0, 0.1) is 0 Å². The van der Waals surface area contributed by atoms with Crippen molar-refractivity contribution >= 4 is 47.0 Å². The maximum absolute atomic E-state index is 13.6. The second-order valence-electron chi connectivity index (χ2n) is 11.8. The van der Waals surface area contributed by atoms with Crippen LogP contribution in [0.5, 0.6) is 0 Å². The molecule has 53 heavy (non-hydrogen) atoms. The molecule has 1 N–H and O–H groups in total. The summed E-state index contributed by atoms with van der Waals surface area (Å²) in [5, 5.41) is 2.16. The molecule has 0 bridgehead atoms. The van der Waals surface area contributed by atoms with E-state index in [-0.39, 0.29) is 46.7 Å². The van der Waals surface area contributed by atoms with Gasteiger partial charge in [0.1, 0.15) is 6.61 Å². The number of amides is 2. The van der Waals surface area contributed by atoms with Gasteiger partial charge in [0.2, 0.25) is 5.41 Å². The number of halogens is 4. The molecule has 0 radical (unpaired) electrons. The van der Waals surface area contributed by atoms with Gasteiger partial charge in [0, 0.05) is 19.7 Å². The summed E-state index contributed by atoms with van der Waals surface area (Å²) >= 11 is 5.95. The summed E-state index contributed by atoms with van der Waals surface area (Å²) in [5.74, 6) is -3.96. The number of carbonyl (C=O) groups excluding carboxylic acids is 5. The van der Waals surface area contributed by atoms with Crippen LogP contribution in [0.25, 0.3) is 11.1 Å². The van der Waals surface area contributed by atoms with E-state index in [1.807, 2.05) is 0 Å². The highest BCUT2D eigenvalue weighted by Gasteiger charge is 2.52. The van der Waals surface area contributed by atoms with E-state index in [0.29, 0.717) is 5.56 Å². The molecular formula is C39H36ClF3N2O8. The molecule has 0 fully saturated rings. The first-order valence-corrected chi connectivity index (χ1v) is 16.7. The van der Waals surface area contributed by atoms with Gasteiger partial charge in [-0.2, -0.15) is 13.2 Å². The van der Waals surface area contributed by atoms with Crippen LogP contribution >= 0.6 is 11.6 Å². The molecule has 0 aliphatic heterocycles. The Morgan fingerprint density at radius 1 is 0.755 bits per heavy atom. The van der Waals surface area contributed by atoms with Gasteiger partial charge < -0.3 is 24.4 Å². The quantitative estimate of drug-likeness (QED) is 0.0869. The highest BCUT2D eigenvalue weighted by Crippen LogP contribution is 2.38. The zero-order valence-electron chi connectivity index (χ0n) is 29.2. The van der Waals surface area contributed by atoms with E-state index < -0.39 is 64.9 Å². The van der Waals surface area contributed by atoms with Crippen molar-refractivity contribution in [1.29, 1.82) is 0 Å². The molecule has 14 heteroatoms. The first kappa shape index (κ1) is 40.1. The Kier molecular flexibility index (Phi) is 13.0. The van der Waals surface area contributed by atoms with Gasteiger partial charge >= 0.3 is 24.1 Å². The lowest BCUT2D eigenvalue weighted by Crippen LogP contribution is -2.50. The van der Waals surface area contributed by atoms with Crippen LogP contribution in [-0.2, 0) is 46.6 Å². The highest BCUT2D eigenvalue weighted by atomic mass is 35.5.